The van der Waals surface area contributed by atoms with Crippen molar-refractivity contribution in [2.75, 3.05) is 26.7 Å². The summed E-state index contributed by atoms with van der Waals surface area (Å²) < 4.78 is 0. The van der Waals surface area contributed by atoms with Gasteiger partial charge in [0.15, 0.2) is 0 Å². The first-order chi connectivity index (χ1) is 8.34. The predicted octanol–water partition coefficient (Wildman–Crippen LogP) is 3.20. The van der Waals surface area contributed by atoms with Gasteiger partial charge in [0.05, 0.1) is 0 Å². The van der Waals surface area contributed by atoms with E-state index in [0.29, 0.717) is 0 Å². The van der Waals surface area contributed by atoms with Gasteiger partial charge >= 0.3 is 0 Å². The van der Waals surface area contributed by atoms with Gasteiger partial charge in [-0.05, 0) is 58.8 Å². The van der Waals surface area contributed by atoms with E-state index in [-0.39, 0.29) is 0 Å². The van der Waals surface area contributed by atoms with Gasteiger partial charge in [0.2, 0.25) is 0 Å². The van der Waals surface area contributed by atoms with Crippen LogP contribution < -0.4 is 5.32 Å². The second-order valence-electron chi connectivity index (χ2n) is 5.31. The molecule has 1 N–H and O–H groups in total. The van der Waals surface area contributed by atoms with Gasteiger partial charge in [-0.2, -0.15) is 0 Å². The van der Waals surface area contributed by atoms with E-state index in [9.17, 15) is 0 Å². The van der Waals surface area contributed by atoms with Crippen LogP contribution in [0.5, 0.6) is 0 Å². The fourth-order valence-electron chi connectivity index (χ4n) is 2.65. The first kappa shape index (κ1) is 14.7. The van der Waals surface area contributed by atoms with Crippen molar-refractivity contribution in [1.29, 1.82) is 0 Å². The van der Waals surface area contributed by atoms with E-state index < -0.39 is 0 Å². The molecule has 2 heteroatoms. The molecule has 0 saturated heterocycles. The average Bonchev–Trinajstić information content (AvgIpc) is 2.38. The monoisotopic (exact) mass is 238 g/mol. The van der Waals surface area contributed by atoms with Crippen LogP contribution in [0.2, 0.25) is 0 Å². The van der Waals surface area contributed by atoms with Crippen LogP contribution in [-0.2, 0) is 0 Å². The Kier molecular flexibility index (Phi) is 8.37. The molecule has 17 heavy (non-hydrogen) atoms. The molecule has 0 atom stereocenters. The highest BCUT2D eigenvalue weighted by Crippen LogP contribution is 2.21. The summed E-state index contributed by atoms with van der Waals surface area (Å²) in [5, 5.41) is 3.50. The molecule has 1 saturated carbocycles. The average molecular weight is 238 g/mol. The highest BCUT2D eigenvalue weighted by atomic mass is 15.1. The summed E-state index contributed by atoms with van der Waals surface area (Å²) >= 11 is 0. The van der Waals surface area contributed by atoms with Crippen molar-refractivity contribution >= 4 is 0 Å². The van der Waals surface area contributed by atoms with Gasteiger partial charge in [0.1, 0.15) is 0 Å². The lowest BCUT2D eigenvalue weighted by atomic mass is 9.94. The van der Waals surface area contributed by atoms with Crippen molar-refractivity contribution in [2.24, 2.45) is 0 Å². The number of hydrogen-bond donors (Lipinski definition) is 1. The third-order valence-electron chi connectivity index (χ3n) is 3.82. The Morgan fingerprint density at radius 1 is 1.18 bits per heavy atom. The minimum atomic E-state index is 0.865. The standard InChI is InChI=1S/C15H30N2/c1-3-4-8-12-16-13-9-14-17(2)15-10-6-5-7-11-15/h3,15-16H,1,4-14H2,2H3. The fourth-order valence-corrected chi connectivity index (χ4v) is 2.65. The number of nitrogens with one attached hydrogen (secondary N) is 1. The maximum atomic E-state index is 3.74. The zero-order valence-corrected chi connectivity index (χ0v) is 11.6. The van der Waals surface area contributed by atoms with Crippen molar-refractivity contribution in [1.82, 2.24) is 10.2 Å². The Balaban J connectivity index is 1.92. The van der Waals surface area contributed by atoms with Crippen molar-refractivity contribution in [3.63, 3.8) is 0 Å². The van der Waals surface area contributed by atoms with Crippen LogP contribution in [-0.4, -0.2) is 37.6 Å². The number of rotatable bonds is 9. The first-order valence-corrected chi connectivity index (χ1v) is 7.36. The quantitative estimate of drug-likeness (QED) is 0.490. The van der Waals surface area contributed by atoms with Gasteiger partial charge in [-0.15, -0.1) is 6.58 Å². The molecule has 0 aromatic heterocycles. The number of nitrogens with zero attached hydrogens (tertiary/aromatic N) is 1. The number of hydrogen-bond acceptors (Lipinski definition) is 2. The maximum Gasteiger partial charge on any atom is 0.00922 e. The molecular formula is C15H30N2. The van der Waals surface area contributed by atoms with E-state index in [2.05, 4.69) is 23.8 Å². The van der Waals surface area contributed by atoms with E-state index in [1.807, 2.05) is 6.08 Å². The van der Waals surface area contributed by atoms with Gasteiger partial charge in [-0.3, -0.25) is 0 Å². The van der Waals surface area contributed by atoms with Crippen LogP contribution >= 0.6 is 0 Å². The van der Waals surface area contributed by atoms with Gasteiger partial charge in [-0.25, -0.2) is 0 Å². The molecule has 1 fully saturated rings. The molecular weight excluding hydrogens is 208 g/mol. The largest absolute Gasteiger partial charge is 0.317 e. The SMILES string of the molecule is C=CCCCNCCCN(C)C1CCCCC1. The Morgan fingerprint density at radius 2 is 1.88 bits per heavy atom. The zero-order chi connectivity index (χ0) is 12.3. The van der Waals surface area contributed by atoms with E-state index in [1.54, 1.807) is 0 Å². The maximum absolute atomic E-state index is 3.74. The number of allylic oxidation sites excluding steroid dienone is 1. The summed E-state index contributed by atoms with van der Waals surface area (Å²) in [5.74, 6) is 0. The Bertz CT molecular complexity index is 185. The summed E-state index contributed by atoms with van der Waals surface area (Å²) in [6.07, 6.45) is 12.8. The second kappa shape index (κ2) is 9.67. The molecule has 0 heterocycles. The summed E-state index contributed by atoms with van der Waals surface area (Å²) in [6.45, 7) is 7.28. The van der Waals surface area contributed by atoms with Gasteiger partial charge in [0.25, 0.3) is 0 Å². The molecule has 0 aromatic carbocycles. The molecule has 0 amide bonds. The molecule has 1 aliphatic carbocycles. The molecule has 100 valence electrons. The lowest BCUT2D eigenvalue weighted by molar-refractivity contribution is 0.189. The van der Waals surface area contributed by atoms with Crippen LogP contribution in [0, 0.1) is 0 Å². The van der Waals surface area contributed by atoms with E-state index >= 15 is 0 Å². The molecule has 1 rings (SSSR count). The number of unbranched alkanes of at least 4 members (excludes halogenated alkanes) is 1. The lowest BCUT2D eigenvalue weighted by Gasteiger charge is -2.31. The van der Waals surface area contributed by atoms with Crippen molar-refractivity contribution in [2.45, 2.75) is 57.4 Å². The molecule has 0 spiro atoms. The topological polar surface area (TPSA) is 15.3 Å². The normalized spacial score (nSPS) is 17.5. The lowest BCUT2D eigenvalue weighted by Crippen LogP contribution is -2.35. The first-order valence-electron chi connectivity index (χ1n) is 7.36. The summed E-state index contributed by atoms with van der Waals surface area (Å²) in [7, 11) is 2.30. The van der Waals surface area contributed by atoms with E-state index in [1.165, 1.54) is 51.5 Å². The zero-order valence-electron chi connectivity index (χ0n) is 11.6. The van der Waals surface area contributed by atoms with E-state index in [0.717, 1.165) is 25.6 Å². The van der Waals surface area contributed by atoms with Crippen LogP contribution in [0.25, 0.3) is 0 Å². The Labute approximate surface area is 107 Å². The highest BCUT2D eigenvalue weighted by Gasteiger charge is 2.16. The molecule has 2 nitrogen and oxygen atoms in total. The predicted molar refractivity (Wildman–Crippen MR) is 76.4 cm³/mol. The minimum Gasteiger partial charge on any atom is -0.317 e. The van der Waals surface area contributed by atoms with Crippen LogP contribution in [0.15, 0.2) is 12.7 Å². The van der Waals surface area contributed by atoms with Crippen molar-refractivity contribution < 1.29 is 0 Å². The summed E-state index contributed by atoms with van der Waals surface area (Å²) in [4.78, 5) is 2.57. The van der Waals surface area contributed by atoms with Gasteiger partial charge in [-0.1, -0.05) is 25.3 Å². The molecule has 0 bridgehead atoms. The van der Waals surface area contributed by atoms with Crippen LogP contribution in [0.1, 0.15) is 51.4 Å². The molecule has 0 aromatic rings. The second-order valence-corrected chi connectivity index (χ2v) is 5.31. The molecule has 1 aliphatic rings. The van der Waals surface area contributed by atoms with Gasteiger partial charge < -0.3 is 10.2 Å². The summed E-state index contributed by atoms with van der Waals surface area (Å²) in [5.41, 5.74) is 0. The van der Waals surface area contributed by atoms with E-state index in [4.69, 9.17) is 0 Å². The third kappa shape index (κ3) is 6.85. The Morgan fingerprint density at radius 3 is 2.59 bits per heavy atom. The Hall–Kier alpha value is -0.340. The van der Waals surface area contributed by atoms with Gasteiger partial charge in [0, 0.05) is 6.04 Å². The van der Waals surface area contributed by atoms with Crippen molar-refractivity contribution in [3.8, 4) is 0 Å². The fraction of sp³-hybridized carbons (Fsp3) is 0.867. The molecule has 0 radical (unpaired) electrons. The molecule has 0 unspecified atom stereocenters. The minimum absolute atomic E-state index is 0.865. The third-order valence-corrected chi connectivity index (χ3v) is 3.82. The molecule has 0 aliphatic heterocycles. The summed E-state index contributed by atoms with van der Waals surface area (Å²) in [6, 6.07) is 0.865. The smallest absolute Gasteiger partial charge is 0.00922 e. The highest BCUT2D eigenvalue weighted by molar-refractivity contribution is 4.73. The van der Waals surface area contributed by atoms with Crippen LogP contribution in [0.3, 0.4) is 0 Å². The van der Waals surface area contributed by atoms with Crippen LogP contribution in [0.4, 0.5) is 0 Å². The van der Waals surface area contributed by atoms with Crippen molar-refractivity contribution in [3.05, 3.63) is 12.7 Å².